The Bertz CT molecular complexity index is 860. The fraction of sp³-hybridized carbons (Fsp3) is 0.381. The Morgan fingerprint density at radius 2 is 1.89 bits per heavy atom. The first-order chi connectivity index (χ1) is 13.5. The Morgan fingerprint density at radius 1 is 1.18 bits per heavy atom. The highest BCUT2D eigenvalue weighted by Crippen LogP contribution is 2.24. The number of fused-ring (bicyclic) bond motifs is 1. The van der Waals surface area contributed by atoms with Crippen LogP contribution in [-0.4, -0.2) is 46.5 Å². The second kappa shape index (κ2) is 9.89. The summed E-state index contributed by atoms with van der Waals surface area (Å²) < 4.78 is 5.82. The van der Waals surface area contributed by atoms with E-state index in [9.17, 15) is 9.59 Å². The number of carbonyl (C=O) groups excluding carboxylic acids is 2. The van der Waals surface area contributed by atoms with Crippen molar-refractivity contribution < 1.29 is 14.3 Å². The normalized spacial score (nSPS) is 14.7. The van der Waals surface area contributed by atoms with Crippen LogP contribution >= 0.6 is 24.0 Å². The molecule has 0 unspecified atom stereocenters. The summed E-state index contributed by atoms with van der Waals surface area (Å²) in [7, 11) is 0. The first-order valence-corrected chi connectivity index (χ1v) is 10.8. The van der Waals surface area contributed by atoms with E-state index in [0.29, 0.717) is 0 Å². The lowest BCUT2D eigenvalue weighted by molar-refractivity contribution is -0.146. The molecule has 2 aromatic rings. The summed E-state index contributed by atoms with van der Waals surface area (Å²) in [5.74, 6) is -0.623. The minimum absolute atomic E-state index is 0.126. The van der Waals surface area contributed by atoms with Crippen LogP contribution in [0.5, 0.6) is 0 Å². The van der Waals surface area contributed by atoms with Gasteiger partial charge in [0.15, 0.2) is 6.61 Å². The number of nitrogens with one attached hydrogen (secondary N) is 1. The molecule has 1 heterocycles. The van der Waals surface area contributed by atoms with Gasteiger partial charge in [0.05, 0.1) is 11.8 Å². The van der Waals surface area contributed by atoms with Crippen molar-refractivity contribution in [2.45, 2.75) is 25.8 Å². The fourth-order valence-corrected chi connectivity index (χ4v) is 4.34. The standard InChI is InChI=1S/C21H24N2O3S2/c1-15(17-10-6-8-16-7-2-3-9-18(16)17)22-19(24)13-26-20(25)14-28-21(27)23-11-4-5-12-23/h2-3,6-10,15H,4-5,11-14H2,1H3,(H,22,24)/t15-/m0/s1. The van der Waals surface area contributed by atoms with Gasteiger partial charge in [0, 0.05) is 13.1 Å². The molecule has 1 atom stereocenters. The third-order valence-electron chi connectivity index (χ3n) is 4.71. The Hall–Kier alpha value is -2.12. The van der Waals surface area contributed by atoms with Crippen molar-refractivity contribution in [2.75, 3.05) is 25.4 Å². The third-order valence-corrected chi connectivity index (χ3v) is 6.21. The van der Waals surface area contributed by atoms with Crippen molar-refractivity contribution in [3.63, 3.8) is 0 Å². The van der Waals surface area contributed by atoms with Crippen LogP contribution in [0.2, 0.25) is 0 Å². The Morgan fingerprint density at radius 3 is 2.68 bits per heavy atom. The molecule has 1 fully saturated rings. The largest absolute Gasteiger partial charge is 0.455 e. The number of rotatable bonds is 6. The van der Waals surface area contributed by atoms with Gasteiger partial charge in [-0.2, -0.15) is 0 Å². The van der Waals surface area contributed by atoms with Gasteiger partial charge < -0.3 is 15.0 Å². The molecule has 0 saturated carbocycles. The average molecular weight is 417 g/mol. The van der Waals surface area contributed by atoms with E-state index in [1.165, 1.54) is 11.8 Å². The number of thiocarbonyl (C=S) groups is 1. The Balaban J connectivity index is 1.44. The monoisotopic (exact) mass is 416 g/mol. The number of amides is 1. The summed E-state index contributed by atoms with van der Waals surface area (Å²) in [6, 6.07) is 13.9. The van der Waals surface area contributed by atoms with Crippen LogP contribution in [0.1, 0.15) is 31.4 Å². The predicted octanol–water partition coefficient (Wildman–Crippen LogP) is 3.67. The summed E-state index contributed by atoms with van der Waals surface area (Å²) in [6.07, 6.45) is 2.28. The quantitative estimate of drug-likeness (QED) is 0.573. The minimum atomic E-state index is -0.431. The number of thioether (sulfide) groups is 1. The first-order valence-electron chi connectivity index (χ1n) is 9.39. The highest BCUT2D eigenvalue weighted by molar-refractivity contribution is 8.23. The molecular weight excluding hydrogens is 392 g/mol. The van der Waals surface area contributed by atoms with Crippen molar-refractivity contribution in [3.05, 3.63) is 48.0 Å². The average Bonchev–Trinajstić information content (AvgIpc) is 3.25. The maximum absolute atomic E-state index is 12.2. The molecular formula is C21H24N2O3S2. The zero-order chi connectivity index (χ0) is 19.9. The number of nitrogens with zero attached hydrogens (tertiary/aromatic N) is 1. The number of hydrogen-bond acceptors (Lipinski definition) is 5. The van der Waals surface area contributed by atoms with Crippen LogP contribution in [0.15, 0.2) is 42.5 Å². The van der Waals surface area contributed by atoms with Gasteiger partial charge in [-0.05, 0) is 36.1 Å². The topological polar surface area (TPSA) is 58.6 Å². The van der Waals surface area contributed by atoms with Crippen LogP contribution in [0.4, 0.5) is 0 Å². The summed E-state index contributed by atoms with van der Waals surface area (Å²) in [5.41, 5.74) is 1.03. The molecule has 2 aromatic carbocycles. The maximum atomic E-state index is 12.2. The Labute approximate surface area is 174 Å². The van der Waals surface area contributed by atoms with Crippen LogP contribution in [0.25, 0.3) is 10.8 Å². The number of ether oxygens (including phenoxy) is 1. The molecule has 0 radical (unpaired) electrons. The van der Waals surface area contributed by atoms with E-state index in [0.717, 1.165) is 46.6 Å². The van der Waals surface area contributed by atoms with Gasteiger partial charge in [0.2, 0.25) is 0 Å². The van der Waals surface area contributed by atoms with E-state index in [1.54, 1.807) is 0 Å². The van der Waals surface area contributed by atoms with E-state index in [4.69, 9.17) is 17.0 Å². The number of hydrogen-bond donors (Lipinski definition) is 1. The van der Waals surface area contributed by atoms with E-state index in [-0.39, 0.29) is 24.3 Å². The summed E-state index contributed by atoms with van der Waals surface area (Å²) in [6.45, 7) is 3.54. The van der Waals surface area contributed by atoms with Gasteiger partial charge in [-0.25, -0.2) is 0 Å². The van der Waals surface area contributed by atoms with Crippen molar-refractivity contribution in [1.29, 1.82) is 0 Å². The van der Waals surface area contributed by atoms with Crippen LogP contribution < -0.4 is 5.32 Å². The van der Waals surface area contributed by atoms with Crippen molar-refractivity contribution >= 4 is 50.9 Å². The van der Waals surface area contributed by atoms with Crippen LogP contribution in [0.3, 0.4) is 0 Å². The summed E-state index contributed by atoms with van der Waals surface area (Å²) >= 11 is 6.62. The van der Waals surface area contributed by atoms with E-state index in [1.807, 2.05) is 49.4 Å². The lowest BCUT2D eigenvalue weighted by Crippen LogP contribution is -2.31. The molecule has 28 heavy (non-hydrogen) atoms. The SMILES string of the molecule is C[C@H](NC(=O)COC(=O)CSC(=S)N1CCCC1)c1cccc2ccccc12. The van der Waals surface area contributed by atoms with Crippen molar-refractivity contribution in [1.82, 2.24) is 10.2 Å². The molecule has 0 bridgehead atoms. The molecule has 3 rings (SSSR count). The third kappa shape index (κ3) is 5.45. The predicted molar refractivity (Wildman–Crippen MR) is 117 cm³/mol. The van der Waals surface area contributed by atoms with Crippen molar-refractivity contribution in [2.24, 2.45) is 0 Å². The molecule has 1 aliphatic heterocycles. The molecule has 1 amide bonds. The number of carbonyl (C=O) groups is 2. The van der Waals surface area contributed by atoms with E-state index >= 15 is 0 Å². The highest BCUT2D eigenvalue weighted by atomic mass is 32.2. The second-order valence-corrected chi connectivity index (χ2v) is 8.38. The number of likely N-dealkylation sites (tertiary alicyclic amines) is 1. The first kappa shape index (κ1) is 20.6. The lowest BCUT2D eigenvalue weighted by Gasteiger charge is -2.18. The maximum Gasteiger partial charge on any atom is 0.316 e. The van der Waals surface area contributed by atoms with Gasteiger partial charge in [-0.15, -0.1) is 0 Å². The van der Waals surface area contributed by atoms with Gasteiger partial charge >= 0.3 is 5.97 Å². The zero-order valence-electron chi connectivity index (χ0n) is 15.8. The van der Waals surface area contributed by atoms with Crippen molar-refractivity contribution in [3.8, 4) is 0 Å². The number of esters is 1. The Kier molecular flexibility index (Phi) is 7.28. The lowest BCUT2D eigenvalue weighted by atomic mass is 10.00. The van der Waals surface area contributed by atoms with Crippen LogP contribution in [-0.2, 0) is 14.3 Å². The molecule has 0 spiro atoms. The fourth-order valence-electron chi connectivity index (χ4n) is 3.29. The molecule has 7 heteroatoms. The number of benzene rings is 2. The molecule has 0 aliphatic carbocycles. The van der Waals surface area contributed by atoms with E-state index < -0.39 is 5.97 Å². The molecule has 1 N–H and O–H groups in total. The van der Waals surface area contributed by atoms with Gasteiger partial charge in [0.1, 0.15) is 4.32 Å². The summed E-state index contributed by atoms with van der Waals surface area (Å²) in [4.78, 5) is 26.2. The summed E-state index contributed by atoms with van der Waals surface area (Å²) in [5, 5.41) is 5.12. The van der Waals surface area contributed by atoms with E-state index in [2.05, 4.69) is 10.2 Å². The molecule has 1 saturated heterocycles. The molecule has 1 aliphatic rings. The van der Waals surface area contributed by atoms with Gasteiger partial charge in [-0.3, -0.25) is 9.59 Å². The smallest absolute Gasteiger partial charge is 0.316 e. The molecule has 5 nitrogen and oxygen atoms in total. The minimum Gasteiger partial charge on any atom is -0.455 e. The highest BCUT2D eigenvalue weighted by Gasteiger charge is 2.18. The van der Waals surface area contributed by atoms with Gasteiger partial charge in [0.25, 0.3) is 5.91 Å². The zero-order valence-corrected chi connectivity index (χ0v) is 17.5. The van der Waals surface area contributed by atoms with Crippen LogP contribution in [0, 0.1) is 0 Å². The molecule has 148 valence electrons. The van der Waals surface area contributed by atoms with Gasteiger partial charge in [-0.1, -0.05) is 66.4 Å². The second-order valence-electron chi connectivity index (χ2n) is 6.77. The molecule has 0 aromatic heterocycles.